The lowest BCUT2D eigenvalue weighted by Crippen LogP contribution is -2.34. The first-order valence-electron chi connectivity index (χ1n) is 8.47. The minimum atomic E-state index is -0.946. The van der Waals surface area contributed by atoms with Gasteiger partial charge in [0, 0.05) is 0 Å². The SMILES string of the molecule is CCc1ccc([C@@H]2C[C@H](C(C)(C)C)n3ncc(C(=O)O)c3N2)cc1. The van der Waals surface area contributed by atoms with Gasteiger partial charge in [0.15, 0.2) is 0 Å². The van der Waals surface area contributed by atoms with Gasteiger partial charge in [0.05, 0.1) is 18.3 Å². The molecular formula is C19H25N3O2. The van der Waals surface area contributed by atoms with E-state index in [1.165, 1.54) is 17.3 Å². The third-order valence-corrected chi connectivity index (χ3v) is 4.88. The summed E-state index contributed by atoms with van der Waals surface area (Å²) in [5, 5.41) is 17.2. The maximum atomic E-state index is 11.5. The number of hydrogen-bond acceptors (Lipinski definition) is 3. The van der Waals surface area contributed by atoms with E-state index in [-0.39, 0.29) is 23.1 Å². The fourth-order valence-corrected chi connectivity index (χ4v) is 3.37. The van der Waals surface area contributed by atoms with Gasteiger partial charge in [-0.15, -0.1) is 0 Å². The third-order valence-electron chi connectivity index (χ3n) is 4.88. The lowest BCUT2D eigenvalue weighted by Gasteiger charge is -2.39. The van der Waals surface area contributed by atoms with Crippen LogP contribution in [0.2, 0.25) is 0 Å². The first-order valence-corrected chi connectivity index (χ1v) is 8.47. The van der Waals surface area contributed by atoms with E-state index in [2.05, 4.69) is 62.4 Å². The van der Waals surface area contributed by atoms with Crippen LogP contribution in [0.15, 0.2) is 30.5 Å². The van der Waals surface area contributed by atoms with Crippen LogP contribution in [0.25, 0.3) is 0 Å². The Morgan fingerprint density at radius 2 is 2.00 bits per heavy atom. The zero-order chi connectivity index (χ0) is 17.5. The van der Waals surface area contributed by atoms with Gasteiger partial charge in [-0.3, -0.25) is 0 Å². The van der Waals surface area contributed by atoms with E-state index in [1.807, 2.05) is 4.68 Å². The van der Waals surface area contributed by atoms with Crippen LogP contribution in [-0.2, 0) is 6.42 Å². The molecule has 0 bridgehead atoms. The number of carboxylic acid groups (broad SMARTS) is 1. The molecular weight excluding hydrogens is 302 g/mol. The van der Waals surface area contributed by atoms with Gasteiger partial charge >= 0.3 is 5.97 Å². The van der Waals surface area contributed by atoms with Gasteiger partial charge in [0.1, 0.15) is 11.4 Å². The molecule has 0 unspecified atom stereocenters. The molecule has 1 aromatic heterocycles. The molecule has 0 amide bonds. The molecule has 0 fully saturated rings. The molecule has 1 aliphatic rings. The lowest BCUT2D eigenvalue weighted by atomic mass is 9.80. The molecule has 0 saturated heterocycles. The number of nitrogens with one attached hydrogen (secondary N) is 1. The Labute approximate surface area is 142 Å². The molecule has 24 heavy (non-hydrogen) atoms. The highest BCUT2D eigenvalue weighted by Crippen LogP contribution is 2.44. The molecule has 2 N–H and O–H groups in total. The van der Waals surface area contributed by atoms with Crippen molar-refractivity contribution in [2.24, 2.45) is 5.41 Å². The predicted octanol–water partition coefficient (Wildman–Crippen LogP) is 4.29. The zero-order valence-electron chi connectivity index (χ0n) is 14.7. The number of carboxylic acids is 1. The molecule has 2 aromatic rings. The first kappa shape index (κ1) is 16.6. The topological polar surface area (TPSA) is 67.2 Å². The Morgan fingerprint density at radius 1 is 1.33 bits per heavy atom. The largest absolute Gasteiger partial charge is 0.477 e. The van der Waals surface area contributed by atoms with Crippen LogP contribution in [0.5, 0.6) is 0 Å². The minimum absolute atomic E-state index is 0.0136. The van der Waals surface area contributed by atoms with E-state index in [9.17, 15) is 9.90 Å². The van der Waals surface area contributed by atoms with Crippen LogP contribution < -0.4 is 5.32 Å². The molecule has 0 radical (unpaired) electrons. The second-order valence-corrected chi connectivity index (χ2v) is 7.57. The maximum absolute atomic E-state index is 11.5. The summed E-state index contributed by atoms with van der Waals surface area (Å²) in [6.45, 7) is 8.66. The van der Waals surface area contributed by atoms with Gasteiger partial charge in [0.2, 0.25) is 0 Å². The average molecular weight is 327 g/mol. The minimum Gasteiger partial charge on any atom is -0.477 e. The van der Waals surface area contributed by atoms with Crippen molar-refractivity contribution < 1.29 is 9.90 Å². The number of hydrogen-bond donors (Lipinski definition) is 2. The van der Waals surface area contributed by atoms with Crippen molar-refractivity contribution in [1.82, 2.24) is 9.78 Å². The summed E-state index contributed by atoms with van der Waals surface area (Å²) in [7, 11) is 0. The van der Waals surface area contributed by atoms with Gasteiger partial charge in [0.25, 0.3) is 0 Å². The van der Waals surface area contributed by atoms with Crippen LogP contribution >= 0.6 is 0 Å². The average Bonchev–Trinajstić information content (AvgIpc) is 2.97. The Morgan fingerprint density at radius 3 is 2.54 bits per heavy atom. The highest BCUT2D eigenvalue weighted by molar-refractivity contribution is 5.93. The summed E-state index contributed by atoms with van der Waals surface area (Å²) in [4.78, 5) is 11.5. The fraction of sp³-hybridized carbons (Fsp3) is 0.474. The smallest absolute Gasteiger partial charge is 0.341 e. The molecule has 2 atom stereocenters. The normalized spacial score (nSPS) is 20.3. The lowest BCUT2D eigenvalue weighted by molar-refractivity contribution is 0.0697. The van der Waals surface area contributed by atoms with Crippen LogP contribution in [0.1, 0.15) is 67.7 Å². The van der Waals surface area contributed by atoms with Crippen LogP contribution in [-0.4, -0.2) is 20.9 Å². The molecule has 1 aromatic carbocycles. The molecule has 5 nitrogen and oxygen atoms in total. The van der Waals surface area contributed by atoms with Crippen molar-refractivity contribution in [2.45, 2.75) is 52.6 Å². The molecule has 2 heterocycles. The summed E-state index contributed by atoms with van der Waals surface area (Å²) in [6.07, 6.45) is 3.34. The molecule has 0 aliphatic carbocycles. The van der Waals surface area contributed by atoms with E-state index in [1.54, 1.807) is 0 Å². The van der Waals surface area contributed by atoms with Crippen molar-refractivity contribution >= 4 is 11.8 Å². The highest BCUT2D eigenvalue weighted by atomic mass is 16.4. The zero-order valence-corrected chi connectivity index (χ0v) is 14.7. The summed E-state index contributed by atoms with van der Waals surface area (Å²) in [6, 6.07) is 8.80. The Bertz CT molecular complexity index is 741. The summed E-state index contributed by atoms with van der Waals surface area (Å²) in [5.41, 5.74) is 2.71. The van der Waals surface area contributed by atoms with Crippen molar-refractivity contribution in [3.63, 3.8) is 0 Å². The standard InChI is InChI=1S/C19H25N3O2/c1-5-12-6-8-13(9-7-12)15-10-16(19(2,3)4)22-17(21-15)14(11-20-22)18(23)24/h6-9,11,15-16,21H,5,10H2,1-4H3,(H,23,24)/t15-,16+/m0/s1. The summed E-state index contributed by atoms with van der Waals surface area (Å²) in [5.74, 6) is -0.336. The van der Waals surface area contributed by atoms with Gasteiger partial charge < -0.3 is 10.4 Å². The number of anilines is 1. The number of nitrogens with zero attached hydrogens (tertiary/aromatic N) is 2. The van der Waals surface area contributed by atoms with Crippen molar-refractivity contribution in [2.75, 3.05) is 5.32 Å². The number of benzene rings is 1. The number of aromatic nitrogens is 2. The van der Waals surface area contributed by atoms with E-state index in [4.69, 9.17) is 0 Å². The predicted molar refractivity (Wildman–Crippen MR) is 94.5 cm³/mol. The monoisotopic (exact) mass is 327 g/mol. The maximum Gasteiger partial charge on any atom is 0.341 e. The number of aromatic carboxylic acids is 1. The Hall–Kier alpha value is -2.30. The molecule has 0 spiro atoms. The molecule has 5 heteroatoms. The molecule has 128 valence electrons. The number of aryl methyl sites for hydroxylation is 1. The quantitative estimate of drug-likeness (QED) is 0.882. The van der Waals surface area contributed by atoms with Gasteiger partial charge in [-0.25, -0.2) is 9.48 Å². The Kier molecular flexibility index (Phi) is 4.11. The molecule has 3 rings (SSSR count). The van der Waals surface area contributed by atoms with Gasteiger partial charge in [-0.1, -0.05) is 52.0 Å². The highest BCUT2D eigenvalue weighted by Gasteiger charge is 2.37. The van der Waals surface area contributed by atoms with Crippen LogP contribution in [0.4, 0.5) is 5.82 Å². The summed E-state index contributed by atoms with van der Waals surface area (Å²) < 4.78 is 1.85. The van der Waals surface area contributed by atoms with E-state index >= 15 is 0 Å². The molecule has 1 aliphatic heterocycles. The first-order chi connectivity index (χ1) is 11.3. The fourth-order valence-electron chi connectivity index (χ4n) is 3.37. The Balaban J connectivity index is 2.02. The second kappa shape index (κ2) is 5.96. The summed E-state index contributed by atoms with van der Waals surface area (Å²) >= 11 is 0. The van der Waals surface area contributed by atoms with E-state index in [0.717, 1.165) is 12.8 Å². The number of fused-ring (bicyclic) bond motifs is 1. The second-order valence-electron chi connectivity index (χ2n) is 7.57. The van der Waals surface area contributed by atoms with Crippen molar-refractivity contribution in [3.8, 4) is 0 Å². The van der Waals surface area contributed by atoms with E-state index in [0.29, 0.717) is 5.82 Å². The van der Waals surface area contributed by atoms with Crippen molar-refractivity contribution in [1.29, 1.82) is 0 Å². The molecule has 0 saturated carbocycles. The van der Waals surface area contributed by atoms with E-state index < -0.39 is 5.97 Å². The van der Waals surface area contributed by atoms with Crippen molar-refractivity contribution in [3.05, 3.63) is 47.2 Å². The van der Waals surface area contributed by atoms with Gasteiger partial charge in [-0.05, 0) is 29.4 Å². The number of carbonyl (C=O) groups is 1. The van der Waals surface area contributed by atoms with Gasteiger partial charge in [-0.2, -0.15) is 5.10 Å². The van der Waals surface area contributed by atoms with Crippen LogP contribution in [0.3, 0.4) is 0 Å². The number of rotatable bonds is 3. The third kappa shape index (κ3) is 2.90. The van der Waals surface area contributed by atoms with Crippen LogP contribution in [0, 0.1) is 5.41 Å².